The van der Waals surface area contributed by atoms with E-state index in [1.54, 1.807) is 36.4 Å². The number of fused-ring (bicyclic) bond motifs is 1. The molecule has 0 unspecified atom stereocenters. The summed E-state index contributed by atoms with van der Waals surface area (Å²) in [7, 11) is 0. The van der Waals surface area contributed by atoms with Gasteiger partial charge in [0, 0.05) is 5.56 Å². The summed E-state index contributed by atoms with van der Waals surface area (Å²) in [6, 6.07) is 12.3. The van der Waals surface area contributed by atoms with Gasteiger partial charge in [0.1, 0.15) is 6.04 Å². The van der Waals surface area contributed by atoms with Crippen molar-refractivity contribution in [1.82, 2.24) is 4.90 Å². The number of rotatable bonds is 6. The van der Waals surface area contributed by atoms with Gasteiger partial charge in [0.25, 0.3) is 11.8 Å². The number of aryl methyl sites for hydroxylation is 1. The summed E-state index contributed by atoms with van der Waals surface area (Å²) in [6.45, 7) is 4.90. The molecule has 144 valence electrons. The molecule has 3 rings (SSSR count). The zero-order valence-corrected chi connectivity index (χ0v) is 16.0. The molecule has 6 heteroatoms. The van der Waals surface area contributed by atoms with Crippen molar-refractivity contribution >= 4 is 23.6 Å². The maximum absolute atomic E-state index is 12.5. The van der Waals surface area contributed by atoms with Crippen LogP contribution in [-0.2, 0) is 16.0 Å². The molecule has 1 aliphatic rings. The minimum Gasteiger partial charge on any atom is -0.453 e. The van der Waals surface area contributed by atoms with Crippen molar-refractivity contribution < 1.29 is 23.9 Å². The molecule has 2 atom stereocenters. The molecule has 6 nitrogen and oxygen atoms in total. The number of nitrogens with zero attached hydrogens (tertiary/aromatic N) is 1. The van der Waals surface area contributed by atoms with E-state index in [1.807, 2.05) is 19.1 Å². The molecule has 0 bridgehead atoms. The number of amides is 2. The third kappa shape index (κ3) is 3.45. The summed E-state index contributed by atoms with van der Waals surface area (Å²) in [5, 5.41) is 0. The van der Waals surface area contributed by atoms with E-state index in [0.717, 1.165) is 16.9 Å². The molecule has 0 N–H and O–H groups in total. The van der Waals surface area contributed by atoms with E-state index in [4.69, 9.17) is 4.74 Å². The Labute approximate surface area is 163 Å². The summed E-state index contributed by atoms with van der Waals surface area (Å²) in [5.41, 5.74) is 2.05. The number of ketones is 1. The largest absolute Gasteiger partial charge is 0.453 e. The maximum Gasteiger partial charge on any atom is 0.329 e. The Balaban J connectivity index is 1.69. The average Bonchev–Trinajstić information content (AvgIpc) is 2.97. The van der Waals surface area contributed by atoms with Gasteiger partial charge in [-0.05, 0) is 38.0 Å². The van der Waals surface area contributed by atoms with Gasteiger partial charge in [-0.15, -0.1) is 0 Å². The number of ether oxygens (including phenoxy) is 1. The highest BCUT2D eigenvalue weighted by molar-refractivity contribution is 6.22. The SMILES string of the molecule is CCc1ccc(C(=O)[C@@H](C)OC(=O)[C@@H](C)N2C(=O)c3ccccc3C2=O)cc1. The molecule has 0 aliphatic carbocycles. The molecule has 2 amide bonds. The van der Waals surface area contributed by atoms with Crippen LogP contribution in [0.15, 0.2) is 48.5 Å². The fraction of sp³-hybridized carbons (Fsp3) is 0.273. The highest BCUT2D eigenvalue weighted by Crippen LogP contribution is 2.25. The van der Waals surface area contributed by atoms with Crippen LogP contribution in [0.2, 0.25) is 0 Å². The van der Waals surface area contributed by atoms with Crippen LogP contribution in [-0.4, -0.2) is 40.6 Å². The third-order valence-electron chi connectivity index (χ3n) is 4.86. The van der Waals surface area contributed by atoms with Crippen LogP contribution in [0.3, 0.4) is 0 Å². The van der Waals surface area contributed by atoms with Gasteiger partial charge in [0.15, 0.2) is 6.10 Å². The van der Waals surface area contributed by atoms with E-state index in [1.165, 1.54) is 13.8 Å². The summed E-state index contributed by atoms with van der Waals surface area (Å²) in [6.07, 6.45) is -0.172. The Morgan fingerprint density at radius 2 is 1.46 bits per heavy atom. The molecule has 0 fully saturated rings. The fourth-order valence-electron chi connectivity index (χ4n) is 3.13. The molecule has 2 aromatic carbocycles. The Hall–Kier alpha value is -3.28. The molecule has 0 saturated carbocycles. The summed E-state index contributed by atoms with van der Waals surface area (Å²) >= 11 is 0. The topological polar surface area (TPSA) is 80.8 Å². The quantitative estimate of drug-likeness (QED) is 0.438. The molecular weight excluding hydrogens is 358 g/mol. The smallest absolute Gasteiger partial charge is 0.329 e. The number of carbonyl (C=O) groups excluding carboxylic acids is 4. The lowest BCUT2D eigenvalue weighted by molar-refractivity contribution is -0.150. The van der Waals surface area contributed by atoms with Crippen molar-refractivity contribution in [3.8, 4) is 0 Å². The van der Waals surface area contributed by atoms with Crippen molar-refractivity contribution in [3.05, 3.63) is 70.8 Å². The predicted octanol–water partition coefficient (Wildman–Crippen LogP) is 3.05. The van der Waals surface area contributed by atoms with Crippen molar-refractivity contribution in [2.75, 3.05) is 0 Å². The minimum absolute atomic E-state index is 0.257. The van der Waals surface area contributed by atoms with Crippen LogP contribution < -0.4 is 0 Å². The molecule has 0 radical (unpaired) electrons. The van der Waals surface area contributed by atoms with Gasteiger partial charge in [-0.1, -0.05) is 43.3 Å². The lowest BCUT2D eigenvalue weighted by Crippen LogP contribution is -2.45. The molecule has 28 heavy (non-hydrogen) atoms. The lowest BCUT2D eigenvalue weighted by atomic mass is 10.0. The Morgan fingerprint density at radius 1 is 0.929 bits per heavy atom. The molecule has 1 aliphatic heterocycles. The molecule has 0 spiro atoms. The van der Waals surface area contributed by atoms with Crippen molar-refractivity contribution in [1.29, 1.82) is 0 Å². The van der Waals surface area contributed by atoms with Gasteiger partial charge in [-0.2, -0.15) is 0 Å². The lowest BCUT2D eigenvalue weighted by Gasteiger charge is -2.22. The number of hydrogen-bond donors (Lipinski definition) is 0. The number of esters is 1. The van der Waals surface area contributed by atoms with Gasteiger partial charge in [-0.25, -0.2) is 4.79 Å². The number of hydrogen-bond acceptors (Lipinski definition) is 5. The molecule has 0 saturated heterocycles. The summed E-state index contributed by atoms with van der Waals surface area (Å²) in [5.74, 6) is -2.23. The first-order valence-electron chi connectivity index (χ1n) is 9.15. The highest BCUT2D eigenvalue weighted by Gasteiger charge is 2.41. The molecular formula is C22H21NO5. The average molecular weight is 379 g/mol. The monoisotopic (exact) mass is 379 g/mol. The van der Waals surface area contributed by atoms with E-state index in [2.05, 4.69) is 0 Å². The van der Waals surface area contributed by atoms with Gasteiger partial charge in [0.05, 0.1) is 11.1 Å². The second-order valence-corrected chi connectivity index (χ2v) is 6.70. The minimum atomic E-state index is -1.13. The van der Waals surface area contributed by atoms with Crippen molar-refractivity contribution in [3.63, 3.8) is 0 Å². The number of benzene rings is 2. The fourth-order valence-corrected chi connectivity index (χ4v) is 3.13. The van der Waals surface area contributed by atoms with Crippen LogP contribution >= 0.6 is 0 Å². The summed E-state index contributed by atoms with van der Waals surface area (Å²) < 4.78 is 5.26. The highest BCUT2D eigenvalue weighted by atomic mass is 16.5. The van der Waals surface area contributed by atoms with E-state index in [0.29, 0.717) is 5.56 Å². The van der Waals surface area contributed by atoms with Gasteiger partial charge >= 0.3 is 5.97 Å². The van der Waals surface area contributed by atoms with Gasteiger partial charge in [0.2, 0.25) is 5.78 Å². The van der Waals surface area contributed by atoms with E-state index in [9.17, 15) is 19.2 Å². The second kappa shape index (κ2) is 7.76. The Morgan fingerprint density at radius 3 is 1.96 bits per heavy atom. The molecule has 2 aromatic rings. The van der Waals surface area contributed by atoms with E-state index < -0.39 is 29.9 Å². The molecule has 1 heterocycles. The van der Waals surface area contributed by atoms with Gasteiger partial charge < -0.3 is 4.74 Å². The second-order valence-electron chi connectivity index (χ2n) is 6.70. The zero-order chi connectivity index (χ0) is 20.4. The van der Waals surface area contributed by atoms with Crippen LogP contribution in [0.4, 0.5) is 0 Å². The standard InChI is InChI=1S/C22H21NO5/c1-4-15-9-11-16(12-10-15)19(24)14(3)28-22(27)13(2)23-20(25)17-7-5-6-8-18(17)21(23)26/h5-14H,4H2,1-3H3/t13-,14-/m1/s1. The first-order chi connectivity index (χ1) is 13.3. The van der Waals surface area contributed by atoms with Crippen LogP contribution in [0.5, 0.6) is 0 Å². The number of carbonyl (C=O) groups is 4. The zero-order valence-electron chi connectivity index (χ0n) is 16.0. The summed E-state index contributed by atoms with van der Waals surface area (Å²) in [4.78, 5) is 50.8. The van der Waals surface area contributed by atoms with E-state index in [-0.39, 0.29) is 16.9 Å². The van der Waals surface area contributed by atoms with Crippen LogP contribution in [0, 0.1) is 0 Å². The number of Topliss-reactive ketones (excluding diaryl/α,β-unsaturated/α-hetero) is 1. The third-order valence-corrected chi connectivity index (χ3v) is 4.86. The van der Waals surface area contributed by atoms with E-state index >= 15 is 0 Å². The van der Waals surface area contributed by atoms with Crippen molar-refractivity contribution in [2.45, 2.75) is 39.3 Å². The van der Waals surface area contributed by atoms with Crippen molar-refractivity contribution in [2.24, 2.45) is 0 Å². The molecule has 0 aromatic heterocycles. The van der Waals surface area contributed by atoms with Gasteiger partial charge in [-0.3, -0.25) is 19.3 Å². The predicted molar refractivity (Wildman–Crippen MR) is 102 cm³/mol. The Bertz CT molecular complexity index is 913. The number of imide groups is 1. The first-order valence-corrected chi connectivity index (χ1v) is 9.15. The first kappa shape index (κ1) is 19.5. The Kier molecular flexibility index (Phi) is 5.40. The van der Waals surface area contributed by atoms with Crippen LogP contribution in [0.1, 0.15) is 57.4 Å². The van der Waals surface area contributed by atoms with Crippen LogP contribution in [0.25, 0.3) is 0 Å². The maximum atomic E-state index is 12.5. The normalized spacial score (nSPS) is 15.2.